The molecule has 0 saturated carbocycles. The molecule has 5 nitrogen and oxygen atoms in total. The molecule has 1 heterocycles. The van der Waals surface area contributed by atoms with Gasteiger partial charge in [-0.15, -0.1) is 0 Å². The zero-order valence-electron chi connectivity index (χ0n) is 18.1. The van der Waals surface area contributed by atoms with Gasteiger partial charge in [-0.25, -0.2) is 0 Å². The van der Waals surface area contributed by atoms with Crippen molar-refractivity contribution in [1.29, 1.82) is 5.26 Å². The van der Waals surface area contributed by atoms with Crippen molar-refractivity contribution in [3.63, 3.8) is 0 Å². The number of rotatable bonds is 8. The average molecular weight is 424 g/mol. The van der Waals surface area contributed by atoms with Gasteiger partial charge in [-0.3, -0.25) is 9.59 Å². The molecule has 0 fully saturated rings. The Hall–Kier alpha value is -3.91. The van der Waals surface area contributed by atoms with E-state index in [1.165, 1.54) is 10.9 Å². The van der Waals surface area contributed by atoms with E-state index in [2.05, 4.69) is 41.1 Å². The molecule has 0 radical (unpaired) electrons. The van der Waals surface area contributed by atoms with Gasteiger partial charge in [0.15, 0.2) is 0 Å². The maximum absolute atomic E-state index is 12.4. The summed E-state index contributed by atoms with van der Waals surface area (Å²) in [5.74, 6) is 0.00561. The van der Waals surface area contributed by atoms with Gasteiger partial charge in [-0.2, -0.15) is 5.26 Å². The third kappa shape index (κ3) is 4.55. The number of Topliss-reactive ketones (excluding diaryl/α,β-unsaturated/α-hetero) is 1. The van der Waals surface area contributed by atoms with Crippen LogP contribution in [0.4, 0.5) is 5.69 Å². The van der Waals surface area contributed by atoms with Crippen LogP contribution in [0.15, 0.2) is 66.7 Å². The van der Waals surface area contributed by atoms with Crippen LogP contribution in [0.25, 0.3) is 21.8 Å². The Morgan fingerprint density at radius 2 is 1.69 bits per heavy atom. The number of para-hydroxylation sites is 1. The predicted molar refractivity (Wildman–Crippen MR) is 127 cm³/mol. The SMILES string of the molecule is CCn1c2ccccc2c2cc(NC(=O)CCCC(=O)Cc3ccc(C#N)cc3)ccc21. The summed E-state index contributed by atoms with van der Waals surface area (Å²) in [5.41, 5.74) is 4.58. The van der Waals surface area contributed by atoms with Crippen molar-refractivity contribution in [2.24, 2.45) is 0 Å². The van der Waals surface area contributed by atoms with Gasteiger partial charge >= 0.3 is 0 Å². The van der Waals surface area contributed by atoms with Crippen LogP contribution in [0.1, 0.15) is 37.3 Å². The van der Waals surface area contributed by atoms with Crippen LogP contribution in [-0.4, -0.2) is 16.3 Å². The molecule has 1 amide bonds. The summed E-state index contributed by atoms with van der Waals surface area (Å²) in [6.45, 7) is 3.01. The van der Waals surface area contributed by atoms with E-state index < -0.39 is 0 Å². The molecule has 0 bridgehead atoms. The number of fused-ring (bicyclic) bond motifs is 3. The molecule has 4 rings (SSSR count). The van der Waals surface area contributed by atoms with E-state index in [4.69, 9.17) is 5.26 Å². The number of carbonyl (C=O) groups is 2. The molecule has 0 aliphatic heterocycles. The summed E-state index contributed by atoms with van der Waals surface area (Å²) in [5, 5.41) is 14.1. The maximum Gasteiger partial charge on any atom is 0.224 e. The van der Waals surface area contributed by atoms with Crippen molar-refractivity contribution in [2.45, 2.75) is 39.2 Å². The summed E-state index contributed by atoms with van der Waals surface area (Å²) in [4.78, 5) is 24.6. The number of anilines is 1. The Balaban J connectivity index is 1.34. The Morgan fingerprint density at radius 1 is 0.938 bits per heavy atom. The second-order valence-electron chi connectivity index (χ2n) is 7.92. The Labute approximate surface area is 187 Å². The fourth-order valence-electron chi connectivity index (χ4n) is 4.15. The topological polar surface area (TPSA) is 74.9 Å². The second kappa shape index (κ2) is 9.49. The number of aryl methyl sites for hydroxylation is 1. The van der Waals surface area contributed by atoms with Crippen molar-refractivity contribution < 1.29 is 9.59 Å². The van der Waals surface area contributed by atoms with Crippen LogP contribution in [0.5, 0.6) is 0 Å². The molecule has 0 saturated heterocycles. The minimum Gasteiger partial charge on any atom is -0.341 e. The molecule has 32 heavy (non-hydrogen) atoms. The number of nitrogens with one attached hydrogen (secondary N) is 1. The van der Waals surface area contributed by atoms with Crippen LogP contribution in [0.2, 0.25) is 0 Å². The largest absolute Gasteiger partial charge is 0.341 e. The first-order valence-electron chi connectivity index (χ1n) is 10.9. The first-order valence-corrected chi connectivity index (χ1v) is 10.9. The summed E-state index contributed by atoms with van der Waals surface area (Å²) >= 11 is 0. The summed E-state index contributed by atoms with van der Waals surface area (Å²) in [6, 6.07) is 23.4. The molecule has 0 atom stereocenters. The monoisotopic (exact) mass is 423 g/mol. The first kappa shape index (κ1) is 21.3. The van der Waals surface area contributed by atoms with E-state index in [9.17, 15) is 9.59 Å². The van der Waals surface area contributed by atoms with Gasteiger partial charge in [-0.05, 0) is 55.3 Å². The molecule has 0 aliphatic rings. The quantitative estimate of drug-likeness (QED) is 0.400. The highest BCUT2D eigenvalue weighted by molar-refractivity contribution is 6.09. The zero-order chi connectivity index (χ0) is 22.5. The van der Waals surface area contributed by atoms with Gasteiger partial charge in [0, 0.05) is 53.3 Å². The number of nitriles is 1. The highest BCUT2D eigenvalue weighted by Gasteiger charge is 2.11. The molecule has 5 heteroatoms. The fraction of sp³-hybridized carbons (Fsp3) is 0.222. The van der Waals surface area contributed by atoms with E-state index in [0.717, 1.165) is 28.7 Å². The van der Waals surface area contributed by atoms with Gasteiger partial charge in [0.05, 0.1) is 11.6 Å². The highest BCUT2D eigenvalue weighted by atomic mass is 16.1. The number of amides is 1. The first-order chi connectivity index (χ1) is 15.6. The third-order valence-corrected chi connectivity index (χ3v) is 5.72. The van der Waals surface area contributed by atoms with E-state index in [1.54, 1.807) is 24.3 Å². The lowest BCUT2D eigenvalue weighted by molar-refractivity contribution is -0.119. The number of carbonyl (C=O) groups excluding carboxylic acids is 2. The molecule has 1 N–H and O–H groups in total. The smallest absolute Gasteiger partial charge is 0.224 e. The van der Waals surface area contributed by atoms with Crippen molar-refractivity contribution in [2.75, 3.05) is 5.32 Å². The number of benzene rings is 3. The second-order valence-corrected chi connectivity index (χ2v) is 7.92. The Bertz CT molecular complexity index is 1330. The fourth-order valence-corrected chi connectivity index (χ4v) is 4.15. The van der Waals surface area contributed by atoms with Crippen molar-refractivity contribution >= 4 is 39.2 Å². The zero-order valence-corrected chi connectivity index (χ0v) is 18.1. The lowest BCUT2D eigenvalue weighted by Crippen LogP contribution is -2.12. The third-order valence-electron chi connectivity index (χ3n) is 5.72. The van der Waals surface area contributed by atoms with Gasteiger partial charge in [-0.1, -0.05) is 30.3 Å². The van der Waals surface area contributed by atoms with Gasteiger partial charge in [0.1, 0.15) is 5.78 Å². The highest BCUT2D eigenvalue weighted by Crippen LogP contribution is 2.31. The van der Waals surface area contributed by atoms with Crippen LogP contribution in [0, 0.1) is 11.3 Å². The lowest BCUT2D eigenvalue weighted by Gasteiger charge is -2.07. The van der Waals surface area contributed by atoms with Gasteiger partial charge in [0.2, 0.25) is 5.91 Å². The summed E-state index contributed by atoms with van der Waals surface area (Å²) in [6.07, 6.45) is 1.49. The van der Waals surface area contributed by atoms with Crippen LogP contribution >= 0.6 is 0 Å². The molecule has 1 aromatic heterocycles. The van der Waals surface area contributed by atoms with Gasteiger partial charge in [0.25, 0.3) is 0 Å². The molecule has 0 spiro atoms. The standard InChI is InChI=1S/C27H25N3O2/c1-2-30-25-8-4-3-7-23(25)24-17-21(14-15-26(24)30)29-27(32)9-5-6-22(31)16-19-10-12-20(18-28)13-11-19/h3-4,7-8,10-15,17H,2,5-6,9,16H2,1H3,(H,29,32). The van der Waals surface area contributed by atoms with E-state index in [0.29, 0.717) is 31.2 Å². The molecule has 0 aliphatic carbocycles. The Kier molecular flexibility index (Phi) is 6.32. The number of nitrogens with zero attached hydrogens (tertiary/aromatic N) is 2. The Morgan fingerprint density at radius 3 is 2.44 bits per heavy atom. The van der Waals surface area contributed by atoms with Crippen molar-refractivity contribution in [1.82, 2.24) is 4.57 Å². The molecule has 3 aromatic carbocycles. The molecule has 160 valence electrons. The normalized spacial score (nSPS) is 10.9. The van der Waals surface area contributed by atoms with Crippen molar-refractivity contribution in [3.05, 3.63) is 77.9 Å². The molecular formula is C27H25N3O2. The maximum atomic E-state index is 12.4. The predicted octanol–water partition coefficient (Wildman–Crippen LogP) is 5.61. The molecule has 0 unspecified atom stereocenters. The van der Waals surface area contributed by atoms with E-state index in [1.807, 2.05) is 24.3 Å². The number of hydrogen-bond acceptors (Lipinski definition) is 3. The molecule has 4 aromatic rings. The van der Waals surface area contributed by atoms with Crippen molar-refractivity contribution in [3.8, 4) is 6.07 Å². The van der Waals surface area contributed by atoms with Gasteiger partial charge < -0.3 is 9.88 Å². The summed E-state index contributed by atoms with van der Waals surface area (Å²) < 4.78 is 2.27. The molecular weight excluding hydrogens is 398 g/mol. The van der Waals surface area contributed by atoms with Crippen LogP contribution < -0.4 is 5.32 Å². The number of ketones is 1. The minimum atomic E-state index is -0.0882. The van der Waals surface area contributed by atoms with E-state index >= 15 is 0 Å². The number of hydrogen-bond donors (Lipinski definition) is 1. The summed E-state index contributed by atoms with van der Waals surface area (Å²) in [7, 11) is 0. The van der Waals surface area contributed by atoms with Crippen LogP contribution in [-0.2, 0) is 22.6 Å². The average Bonchev–Trinajstić information content (AvgIpc) is 3.12. The minimum absolute atomic E-state index is 0.0882. The van der Waals surface area contributed by atoms with Crippen LogP contribution in [0.3, 0.4) is 0 Å². The lowest BCUT2D eigenvalue weighted by atomic mass is 10.0. The number of aromatic nitrogens is 1. The van der Waals surface area contributed by atoms with E-state index in [-0.39, 0.29) is 11.7 Å².